The van der Waals surface area contributed by atoms with E-state index in [0.29, 0.717) is 50.9 Å². The number of nitrogens with one attached hydrogen (secondary N) is 2. The molecule has 9 nitrogen and oxygen atoms in total. The second-order valence-electron chi connectivity index (χ2n) is 11.3. The predicted octanol–water partition coefficient (Wildman–Crippen LogP) is 5.11. The van der Waals surface area contributed by atoms with E-state index < -0.39 is 41.6 Å². The first kappa shape index (κ1) is 37.3. The van der Waals surface area contributed by atoms with Crippen molar-refractivity contribution in [1.29, 1.82) is 0 Å². The van der Waals surface area contributed by atoms with Crippen LogP contribution in [0.4, 0.5) is 8.78 Å². The maximum atomic E-state index is 14.0. The Balaban J connectivity index is 2.20. The molecule has 3 atom stereocenters. The van der Waals surface area contributed by atoms with Crippen molar-refractivity contribution >= 4 is 23.7 Å². The van der Waals surface area contributed by atoms with Crippen molar-refractivity contribution < 1.29 is 38.2 Å². The van der Waals surface area contributed by atoms with Crippen LogP contribution < -0.4 is 10.6 Å². The van der Waals surface area contributed by atoms with E-state index in [1.807, 2.05) is 13.8 Å². The van der Waals surface area contributed by atoms with Gasteiger partial charge in [0.2, 0.25) is 5.91 Å². The van der Waals surface area contributed by atoms with Crippen molar-refractivity contribution in [3.63, 3.8) is 0 Å². The molecule has 0 unspecified atom stereocenters. The quantitative estimate of drug-likeness (QED) is 0.150. The van der Waals surface area contributed by atoms with Crippen LogP contribution in [0.3, 0.4) is 0 Å². The summed E-state index contributed by atoms with van der Waals surface area (Å²) < 4.78 is 28.0. The molecule has 4 N–H and O–H groups in total. The average Bonchev–Trinajstić information content (AvgIpc) is 2.99. The highest BCUT2D eigenvalue weighted by Crippen LogP contribution is 2.19. The van der Waals surface area contributed by atoms with Gasteiger partial charge in [-0.2, -0.15) is 0 Å². The van der Waals surface area contributed by atoms with Crippen LogP contribution in [0.1, 0.15) is 98.4 Å². The van der Waals surface area contributed by atoms with Gasteiger partial charge in [0, 0.05) is 49.2 Å². The highest BCUT2D eigenvalue weighted by molar-refractivity contribution is 5.99. The van der Waals surface area contributed by atoms with Gasteiger partial charge in [-0.1, -0.05) is 33.3 Å². The average molecular weight is 632 g/mol. The molecular formula is C34H47F2N3O6. The Morgan fingerprint density at radius 1 is 0.889 bits per heavy atom. The molecule has 45 heavy (non-hydrogen) atoms. The molecule has 2 aromatic carbocycles. The first-order valence-corrected chi connectivity index (χ1v) is 15.8. The lowest BCUT2D eigenvalue weighted by Crippen LogP contribution is -2.46. The van der Waals surface area contributed by atoms with E-state index in [4.69, 9.17) is 5.11 Å². The minimum atomic E-state index is -1.25. The minimum absolute atomic E-state index is 0.0222. The zero-order valence-electron chi connectivity index (χ0n) is 26.5. The number of rotatable bonds is 20. The van der Waals surface area contributed by atoms with Crippen LogP contribution in [-0.2, 0) is 16.0 Å². The molecule has 0 bridgehead atoms. The standard InChI is InChI=1S/C34H47F2N3O6/c1-4-15-39(16-5-2)34(45)26-12-10-11-25(20-26)33(44)38-29(19-23-17-27(35)22-28(36)18-23)30(40)21-24(6-3)32(43)37-14-9-7-8-13-31(41)42/h10-12,17-18,20,22,24,29-30,40H,4-9,13-16,19,21H2,1-3H3,(H,37,43)(H,38,44)(H,41,42)/t24-,29+,30+/m1/s1. The van der Waals surface area contributed by atoms with Crippen molar-refractivity contribution in [2.45, 2.75) is 90.7 Å². The van der Waals surface area contributed by atoms with Gasteiger partial charge in [-0.15, -0.1) is 0 Å². The summed E-state index contributed by atoms with van der Waals surface area (Å²) in [6.45, 7) is 7.27. The lowest BCUT2D eigenvalue weighted by Gasteiger charge is -2.27. The second kappa shape index (κ2) is 19.5. The number of carbonyl (C=O) groups is 4. The molecule has 0 aliphatic heterocycles. The first-order chi connectivity index (χ1) is 21.5. The molecule has 0 radical (unpaired) electrons. The number of aliphatic hydroxyl groups excluding tert-OH is 1. The summed E-state index contributed by atoms with van der Waals surface area (Å²) in [5, 5.41) is 25.6. The van der Waals surface area contributed by atoms with Gasteiger partial charge in [0.25, 0.3) is 11.8 Å². The minimum Gasteiger partial charge on any atom is -0.481 e. The normalized spacial score (nSPS) is 13.0. The molecule has 0 aromatic heterocycles. The van der Waals surface area contributed by atoms with Crippen molar-refractivity contribution in [1.82, 2.24) is 15.5 Å². The van der Waals surface area contributed by atoms with Crippen molar-refractivity contribution in [2.75, 3.05) is 19.6 Å². The number of nitrogens with zero attached hydrogens (tertiary/aromatic N) is 1. The van der Waals surface area contributed by atoms with Gasteiger partial charge in [0.15, 0.2) is 0 Å². The summed E-state index contributed by atoms with van der Waals surface area (Å²) in [7, 11) is 0. The molecule has 0 aliphatic rings. The number of halogens is 2. The fourth-order valence-corrected chi connectivity index (χ4v) is 5.20. The molecule has 0 saturated carbocycles. The van der Waals surface area contributed by atoms with Crippen LogP contribution in [0.2, 0.25) is 0 Å². The largest absolute Gasteiger partial charge is 0.481 e. The van der Waals surface area contributed by atoms with E-state index >= 15 is 0 Å². The summed E-state index contributed by atoms with van der Waals surface area (Å²) in [5.74, 6) is -4.13. The van der Waals surface area contributed by atoms with Crippen molar-refractivity contribution in [3.8, 4) is 0 Å². The topological polar surface area (TPSA) is 136 Å². The van der Waals surface area contributed by atoms with Crippen LogP contribution in [-0.4, -0.2) is 70.6 Å². The Labute approximate surface area is 264 Å². The Bertz CT molecular complexity index is 1250. The van der Waals surface area contributed by atoms with Gasteiger partial charge >= 0.3 is 5.97 Å². The summed E-state index contributed by atoms with van der Waals surface area (Å²) >= 11 is 0. The van der Waals surface area contributed by atoms with Gasteiger partial charge < -0.3 is 25.7 Å². The number of aliphatic carboxylic acids is 1. The maximum absolute atomic E-state index is 14.0. The highest BCUT2D eigenvalue weighted by atomic mass is 19.1. The van der Waals surface area contributed by atoms with E-state index in [2.05, 4.69) is 10.6 Å². The number of carboxylic acid groups (broad SMARTS) is 1. The lowest BCUT2D eigenvalue weighted by molar-refractivity contribution is -0.137. The Morgan fingerprint density at radius 3 is 2.13 bits per heavy atom. The number of carboxylic acids is 1. The number of hydrogen-bond acceptors (Lipinski definition) is 5. The Morgan fingerprint density at radius 2 is 1.53 bits per heavy atom. The molecule has 11 heteroatoms. The van der Waals surface area contributed by atoms with Crippen LogP contribution in [0.5, 0.6) is 0 Å². The Kier molecular flexibility index (Phi) is 16.2. The molecule has 0 aliphatic carbocycles. The van der Waals surface area contributed by atoms with Crippen LogP contribution in [0.25, 0.3) is 0 Å². The molecule has 2 aromatic rings. The van der Waals surface area contributed by atoms with E-state index in [9.17, 15) is 33.1 Å². The summed E-state index contributed by atoms with van der Waals surface area (Å²) in [4.78, 5) is 51.8. The van der Waals surface area contributed by atoms with E-state index in [1.54, 1.807) is 30.0 Å². The number of aliphatic hydroxyl groups is 1. The van der Waals surface area contributed by atoms with Crippen LogP contribution >= 0.6 is 0 Å². The number of amides is 3. The van der Waals surface area contributed by atoms with E-state index in [-0.39, 0.29) is 42.2 Å². The second-order valence-corrected chi connectivity index (χ2v) is 11.3. The van der Waals surface area contributed by atoms with Crippen molar-refractivity contribution in [2.24, 2.45) is 5.92 Å². The number of unbranched alkanes of at least 4 members (excludes halogenated alkanes) is 2. The number of benzene rings is 2. The molecule has 0 heterocycles. The molecule has 0 fully saturated rings. The van der Waals surface area contributed by atoms with Crippen molar-refractivity contribution in [3.05, 3.63) is 70.8 Å². The molecular weight excluding hydrogens is 584 g/mol. The summed E-state index contributed by atoms with van der Waals surface area (Å²) in [6, 6.07) is 8.24. The fraction of sp³-hybridized carbons (Fsp3) is 0.529. The van der Waals surface area contributed by atoms with E-state index in [0.717, 1.165) is 31.0 Å². The number of hydrogen-bond donors (Lipinski definition) is 4. The summed E-state index contributed by atoms with van der Waals surface area (Å²) in [6.07, 6.45) is 2.42. The molecule has 3 amide bonds. The van der Waals surface area contributed by atoms with E-state index in [1.165, 1.54) is 6.07 Å². The SMILES string of the molecule is CCCN(CCC)C(=O)c1cccc(C(=O)N[C@@H](Cc2cc(F)cc(F)c2)[C@@H](O)C[C@@H](CC)C(=O)NCCCCCC(=O)O)c1. The van der Waals surface area contributed by atoms with Gasteiger partial charge in [0.05, 0.1) is 12.1 Å². The fourth-order valence-electron chi connectivity index (χ4n) is 5.20. The van der Waals surface area contributed by atoms with Crippen LogP contribution in [0, 0.1) is 17.6 Å². The van der Waals surface area contributed by atoms with Gasteiger partial charge in [-0.25, -0.2) is 8.78 Å². The molecule has 248 valence electrons. The highest BCUT2D eigenvalue weighted by Gasteiger charge is 2.28. The third-order valence-corrected chi connectivity index (χ3v) is 7.56. The zero-order valence-corrected chi connectivity index (χ0v) is 26.5. The van der Waals surface area contributed by atoms with Gasteiger partial charge in [-0.05, 0) is 80.8 Å². The maximum Gasteiger partial charge on any atom is 0.303 e. The zero-order chi connectivity index (χ0) is 33.4. The Hall–Kier alpha value is -3.86. The lowest BCUT2D eigenvalue weighted by atomic mass is 9.91. The first-order valence-electron chi connectivity index (χ1n) is 15.8. The third kappa shape index (κ3) is 13.0. The molecule has 0 spiro atoms. The smallest absolute Gasteiger partial charge is 0.303 e. The van der Waals surface area contributed by atoms with Gasteiger partial charge in [0.1, 0.15) is 11.6 Å². The van der Waals surface area contributed by atoms with Crippen LogP contribution in [0.15, 0.2) is 42.5 Å². The predicted molar refractivity (Wildman–Crippen MR) is 168 cm³/mol. The monoisotopic (exact) mass is 631 g/mol. The molecule has 0 saturated heterocycles. The third-order valence-electron chi connectivity index (χ3n) is 7.56. The molecule has 2 rings (SSSR count). The summed E-state index contributed by atoms with van der Waals surface area (Å²) in [5.41, 5.74) is 0.748. The number of carbonyl (C=O) groups excluding carboxylic acids is 3. The van der Waals surface area contributed by atoms with Gasteiger partial charge in [-0.3, -0.25) is 19.2 Å².